The highest BCUT2D eigenvalue weighted by Gasteiger charge is 2.15. The molecular formula is C18H21N. The molecule has 0 bridgehead atoms. The minimum atomic E-state index is 0.862. The largest absolute Gasteiger partial charge is 0.284 e. The first-order valence-electron chi connectivity index (χ1n) is 6.76. The van der Waals surface area contributed by atoms with Gasteiger partial charge in [-0.2, -0.15) is 0 Å². The van der Waals surface area contributed by atoms with E-state index in [2.05, 4.69) is 55.8 Å². The minimum absolute atomic E-state index is 0.862. The van der Waals surface area contributed by atoms with Crippen LogP contribution in [0.25, 0.3) is 0 Å². The first-order valence-corrected chi connectivity index (χ1v) is 6.76. The molecule has 0 saturated heterocycles. The van der Waals surface area contributed by atoms with E-state index in [-0.39, 0.29) is 0 Å². The molecule has 19 heavy (non-hydrogen) atoms. The van der Waals surface area contributed by atoms with E-state index >= 15 is 0 Å². The fraction of sp³-hybridized carbons (Fsp3) is 0.278. The standard InChI is InChI=1S/C18H21N/c1-5-6-13(2)11-15(4)18-17-12-14(3)7-8-16(17)9-10-19-18/h5-8,11-12H,4,9-10H2,1-3H3/b6-5+,13-11-. The molecule has 98 valence electrons. The van der Waals surface area contributed by atoms with Gasteiger partial charge in [0.25, 0.3) is 0 Å². The molecule has 1 aliphatic rings. The first-order chi connectivity index (χ1) is 9.11. The van der Waals surface area contributed by atoms with Gasteiger partial charge in [0.1, 0.15) is 0 Å². The van der Waals surface area contributed by atoms with Crippen LogP contribution in [-0.4, -0.2) is 12.3 Å². The highest BCUT2D eigenvalue weighted by Crippen LogP contribution is 2.22. The van der Waals surface area contributed by atoms with Gasteiger partial charge in [0.15, 0.2) is 0 Å². The molecule has 1 nitrogen and oxygen atoms in total. The smallest absolute Gasteiger partial charge is 0.0716 e. The highest BCUT2D eigenvalue weighted by atomic mass is 14.7. The van der Waals surface area contributed by atoms with E-state index in [0.717, 1.165) is 24.3 Å². The van der Waals surface area contributed by atoms with Gasteiger partial charge in [-0.15, -0.1) is 0 Å². The van der Waals surface area contributed by atoms with Gasteiger partial charge in [0.2, 0.25) is 0 Å². The summed E-state index contributed by atoms with van der Waals surface area (Å²) in [5, 5.41) is 0. The number of aryl methyl sites for hydroxylation is 1. The summed E-state index contributed by atoms with van der Waals surface area (Å²) in [7, 11) is 0. The van der Waals surface area contributed by atoms with Gasteiger partial charge in [0.05, 0.1) is 5.71 Å². The van der Waals surface area contributed by atoms with Gasteiger partial charge in [-0.3, -0.25) is 4.99 Å². The molecule has 1 aromatic carbocycles. The molecule has 0 radical (unpaired) electrons. The summed E-state index contributed by atoms with van der Waals surface area (Å²) in [5.74, 6) is 0. The van der Waals surface area contributed by atoms with Crippen LogP contribution < -0.4 is 0 Å². The van der Waals surface area contributed by atoms with E-state index in [4.69, 9.17) is 0 Å². The second kappa shape index (κ2) is 5.83. The van der Waals surface area contributed by atoms with E-state index in [1.807, 2.05) is 13.0 Å². The van der Waals surface area contributed by atoms with Crippen molar-refractivity contribution in [1.29, 1.82) is 0 Å². The van der Waals surface area contributed by atoms with E-state index in [9.17, 15) is 0 Å². The SMILES string of the molecule is C=C(/C=C(C)\C=C\C)C1=NCCc2ccc(C)cc21. The molecule has 0 saturated carbocycles. The summed E-state index contributed by atoms with van der Waals surface area (Å²) >= 11 is 0. The average Bonchev–Trinajstić information content (AvgIpc) is 2.38. The third-order valence-electron chi connectivity index (χ3n) is 3.31. The molecule has 0 fully saturated rings. The van der Waals surface area contributed by atoms with Crippen molar-refractivity contribution in [2.75, 3.05) is 6.54 Å². The predicted octanol–water partition coefficient (Wildman–Crippen LogP) is 4.42. The zero-order chi connectivity index (χ0) is 13.8. The molecule has 1 heteroatoms. The van der Waals surface area contributed by atoms with Crippen LogP contribution in [0.5, 0.6) is 0 Å². The topological polar surface area (TPSA) is 12.4 Å². The third kappa shape index (κ3) is 3.11. The molecule has 1 aliphatic heterocycles. The fourth-order valence-electron chi connectivity index (χ4n) is 2.43. The lowest BCUT2D eigenvalue weighted by Gasteiger charge is -2.18. The monoisotopic (exact) mass is 251 g/mol. The van der Waals surface area contributed by atoms with E-state index < -0.39 is 0 Å². The lowest BCUT2D eigenvalue weighted by atomic mass is 9.92. The number of rotatable bonds is 3. The van der Waals surface area contributed by atoms with Crippen LogP contribution in [0.1, 0.15) is 30.5 Å². The van der Waals surface area contributed by atoms with Gasteiger partial charge in [-0.25, -0.2) is 0 Å². The summed E-state index contributed by atoms with van der Waals surface area (Å²) in [6, 6.07) is 6.61. The predicted molar refractivity (Wildman–Crippen MR) is 84.0 cm³/mol. The molecule has 0 unspecified atom stereocenters. The zero-order valence-electron chi connectivity index (χ0n) is 12.0. The molecule has 2 rings (SSSR count). The molecule has 1 heterocycles. The van der Waals surface area contributed by atoms with Gasteiger partial charge < -0.3 is 0 Å². The Hall–Kier alpha value is -1.89. The van der Waals surface area contributed by atoms with Crippen molar-refractivity contribution in [1.82, 2.24) is 0 Å². The van der Waals surface area contributed by atoms with Crippen molar-refractivity contribution in [3.63, 3.8) is 0 Å². The van der Waals surface area contributed by atoms with Crippen molar-refractivity contribution in [3.05, 3.63) is 70.8 Å². The summed E-state index contributed by atoms with van der Waals surface area (Å²) in [5.41, 5.74) is 7.16. The van der Waals surface area contributed by atoms with E-state index in [0.29, 0.717) is 0 Å². The number of hydrogen-bond donors (Lipinski definition) is 0. The maximum absolute atomic E-state index is 4.67. The number of hydrogen-bond acceptors (Lipinski definition) is 1. The Morgan fingerprint density at radius 3 is 2.89 bits per heavy atom. The van der Waals surface area contributed by atoms with Crippen molar-refractivity contribution < 1.29 is 0 Å². The molecule has 0 aromatic heterocycles. The number of fused-ring (bicyclic) bond motifs is 1. The summed E-state index contributed by atoms with van der Waals surface area (Å²) in [4.78, 5) is 4.67. The number of aliphatic imine (C=N–C) groups is 1. The third-order valence-corrected chi connectivity index (χ3v) is 3.31. The van der Waals surface area contributed by atoms with Crippen LogP contribution in [0.15, 0.2) is 59.1 Å². The average molecular weight is 251 g/mol. The highest BCUT2D eigenvalue weighted by molar-refractivity contribution is 6.15. The number of allylic oxidation sites excluding steroid dienone is 5. The van der Waals surface area contributed by atoms with Crippen molar-refractivity contribution in [3.8, 4) is 0 Å². The Balaban J connectivity index is 2.37. The Morgan fingerprint density at radius 1 is 1.37 bits per heavy atom. The quantitative estimate of drug-likeness (QED) is 0.705. The maximum atomic E-state index is 4.67. The second-order valence-corrected chi connectivity index (χ2v) is 5.05. The van der Waals surface area contributed by atoms with Crippen molar-refractivity contribution in [2.45, 2.75) is 27.2 Å². The van der Waals surface area contributed by atoms with Gasteiger partial charge >= 0.3 is 0 Å². The number of nitrogens with zero attached hydrogens (tertiary/aromatic N) is 1. The van der Waals surface area contributed by atoms with Crippen LogP contribution >= 0.6 is 0 Å². The lowest BCUT2D eigenvalue weighted by molar-refractivity contribution is 0.942. The van der Waals surface area contributed by atoms with Gasteiger partial charge in [0, 0.05) is 12.1 Å². The molecular weight excluding hydrogens is 230 g/mol. The van der Waals surface area contributed by atoms with Crippen LogP contribution in [-0.2, 0) is 6.42 Å². The van der Waals surface area contributed by atoms with Gasteiger partial charge in [-0.1, -0.05) is 48.1 Å². The minimum Gasteiger partial charge on any atom is -0.284 e. The number of benzene rings is 1. The Kier molecular flexibility index (Phi) is 4.16. The molecule has 0 atom stereocenters. The summed E-state index contributed by atoms with van der Waals surface area (Å²) in [6.45, 7) is 11.3. The summed E-state index contributed by atoms with van der Waals surface area (Å²) < 4.78 is 0. The molecule has 0 spiro atoms. The first kappa shape index (κ1) is 13.5. The maximum Gasteiger partial charge on any atom is 0.0716 e. The normalized spacial score (nSPS) is 15.3. The molecule has 0 N–H and O–H groups in total. The van der Waals surface area contributed by atoms with Crippen molar-refractivity contribution >= 4 is 5.71 Å². The van der Waals surface area contributed by atoms with Gasteiger partial charge in [-0.05, 0) is 44.4 Å². The second-order valence-electron chi connectivity index (χ2n) is 5.05. The van der Waals surface area contributed by atoms with Crippen LogP contribution in [0.4, 0.5) is 0 Å². The lowest BCUT2D eigenvalue weighted by Crippen LogP contribution is -2.14. The van der Waals surface area contributed by atoms with Crippen LogP contribution in [0, 0.1) is 6.92 Å². The van der Waals surface area contributed by atoms with Crippen LogP contribution in [0.3, 0.4) is 0 Å². The van der Waals surface area contributed by atoms with E-state index in [1.54, 1.807) is 0 Å². The Bertz CT molecular complexity index is 586. The Labute approximate surface area is 116 Å². The Morgan fingerprint density at radius 2 is 2.16 bits per heavy atom. The molecule has 0 amide bonds. The zero-order valence-corrected chi connectivity index (χ0v) is 12.0. The van der Waals surface area contributed by atoms with Crippen molar-refractivity contribution in [2.24, 2.45) is 4.99 Å². The summed E-state index contributed by atoms with van der Waals surface area (Å²) in [6.07, 6.45) is 7.27. The molecule has 1 aromatic rings. The van der Waals surface area contributed by atoms with Crippen LogP contribution in [0.2, 0.25) is 0 Å². The van der Waals surface area contributed by atoms with E-state index in [1.165, 1.54) is 22.3 Å². The fourth-order valence-corrected chi connectivity index (χ4v) is 2.43. The molecule has 0 aliphatic carbocycles.